The fourth-order valence-electron chi connectivity index (χ4n) is 0.654. The van der Waals surface area contributed by atoms with E-state index in [0.717, 1.165) is 0 Å². The second kappa shape index (κ2) is 4.91. The molecule has 0 saturated carbocycles. The molecule has 1 atom stereocenters. The molecule has 0 radical (unpaired) electrons. The third-order valence-corrected chi connectivity index (χ3v) is 1.35. The molecule has 0 bridgehead atoms. The van der Waals surface area contributed by atoms with Gasteiger partial charge >= 0.3 is 0 Å². The molecule has 0 aromatic heterocycles. The van der Waals surface area contributed by atoms with E-state index in [2.05, 4.69) is 4.29 Å². The molecule has 0 aliphatic carbocycles. The van der Waals surface area contributed by atoms with Gasteiger partial charge in [0.15, 0.2) is 0 Å². The SMILES string of the molecule is CCOC(C)(COC)OCl. The van der Waals surface area contributed by atoms with Gasteiger partial charge in [0.1, 0.15) is 6.61 Å². The molecule has 0 fully saturated rings. The highest BCUT2D eigenvalue weighted by molar-refractivity contribution is 6.07. The van der Waals surface area contributed by atoms with E-state index in [4.69, 9.17) is 21.3 Å². The smallest absolute Gasteiger partial charge is 0.208 e. The molecule has 0 saturated heterocycles. The first kappa shape index (κ1) is 10.2. The van der Waals surface area contributed by atoms with Crippen LogP contribution in [0.2, 0.25) is 0 Å². The number of halogens is 1. The van der Waals surface area contributed by atoms with Gasteiger partial charge in [0, 0.05) is 13.7 Å². The highest BCUT2D eigenvalue weighted by Gasteiger charge is 2.24. The van der Waals surface area contributed by atoms with Crippen LogP contribution in [-0.2, 0) is 13.8 Å². The van der Waals surface area contributed by atoms with Crippen LogP contribution in [0.5, 0.6) is 0 Å². The van der Waals surface area contributed by atoms with Gasteiger partial charge in [-0.15, -0.1) is 0 Å². The normalized spacial score (nSPS) is 16.8. The predicted octanol–water partition coefficient (Wildman–Crippen LogP) is 1.56. The van der Waals surface area contributed by atoms with E-state index in [9.17, 15) is 0 Å². The van der Waals surface area contributed by atoms with E-state index in [1.165, 1.54) is 0 Å². The van der Waals surface area contributed by atoms with Crippen LogP contribution in [0.25, 0.3) is 0 Å². The Balaban J connectivity index is 3.69. The Bertz CT molecular complexity index is 81.1. The van der Waals surface area contributed by atoms with Gasteiger partial charge in [0.25, 0.3) is 0 Å². The lowest BCUT2D eigenvalue weighted by Gasteiger charge is -2.24. The van der Waals surface area contributed by atoms with E-state index in [-0.39, 0.29) is 0 Å². The average Bonchev–Trinajstić information content (AvgIpc) is 1.89. The second-order valence-corrected chi connectivity index (χ2v) is 2.23. The van der Waals surface area contributed by atoms with Crippen LogP contribution in [0.1, 0.15) is 13.8 Å². The molecular formula is C6H13ClO3. The fraction of sp³-hybridized carbons (Fsp3) is 1.00. The van der Waals surface area contributed by atoms with Crippen molar-refractivity contribution >= 4 is 11.9 Å². The number of rotatable bonds is 5. The highest BCUT2D eigenvalue weighted by atomic mass is 35.5. The number of methoxy groups -OCH3 is 1. The first-order chi connectivity index (χ1) is 4.68. The maximum absolute atomic E-state index is 5.16. The molecule has 0 heterocycles. The minimum Gasteiger partial charge on any atom is -0.379 e. The Hall–Kier alpha value is 0.170. The molecule has 10 heavy (non-hydrogen) atoms. The molecule has 0 aliphatic heterocycles. The molecule has 0 rings (SSSR count). The summed E-state index contributed by atoms with van der Waals surface area (Å²) >= 11 is 5.16. The topological polar surface area (TPSA) is 27.7 Å². The van der Waals surface area contributed by atoms with Gasteiger partial charge in [-0.05, 0) is 13.8 Å². The van der Waals surface area contributed by atoms with Crippen LogP contribution < -0.4 is 0 Å². The van der Waals surface area contributed by atoms with Crippen molar-refractivity contribution in [3.63, 3.8) is 0 Å². The quantitative estimate of drug-likeness (QED) is 0.583. The van der Waals surface area contributed by atoms with Crippen molar-refractivity contribution in [2.75, 3.05) is 20.3 Å². The summed E-state index contributed by atoms with van der Waals surface area (Å²) in [5.41, 5.74) is 0. The summed E-state index contributed by atoms with van der Waals surface area (Å²) < 4.78 is 14.5. The standard InChI is InChI=1S/C6H13ClO3/c1-4-9-6(2,10-7)5-8-3/h4-5H2,1-3H3. The summed E-state index contributed by atoms with van der Waals surface area (Å²) in [5, 5.41) is 0. The average molecular weight is 169 g/mol. The minimum absolute atomic E-state index is 0.324. The third kappa shape index (κ3) is 3.37. The lowest BCUT2D eigenvalue weighted by Crippen LogP contribution is -2.34. The van der Waals surface area contributed by atoms with Gasteiger partial charge in [0.2, 0.25) is 5.79 Å². The second-order valence-electron chi connectivity index (χ2n) is 2.08. The lowest BCUT2D eigenvalue weighted by atomic mass is 10.3. The van der Waals surface area contributed by atoms with E-state index in [1.54, 1.807) is 14.0 Å². The van der Waals surface area contributed by atoms with Crippen molar-refractivity contribution in [2.24, 2.45) is 0 Å². The molecule has 62 valence electrons. The van der Waals surface area contributed by atoms with Crippen molar-refractivity contribution in [1.29, 1.82) is 0 Å². The van der Waals surface area contributed by atoms with Crippen molar-refractivity contribution in [2.45, 2.75) is 19.6 Å². The van der Waals surface area contributed by atoms with Crippen molar-refractivity contribution in [3.05, 3.63) is 0 Å². The number of ether oxygens (including phenoxy) is 2. The van der Waals surface area contributed by atoms with Crippen molar-refractivity contribution < 1.29 is 13.8 Å². The van der Waals surface area contributed by atoms with Crippen LogP contribution in [0.15, 0.2) is 0 Å². The Morgan fingerprint density at radius 3 is 2.40 bits per heavy atom. The molecule has 1 unspecified atom stereocenters. The summed E-state index contributed by atoms with van der Waals surface area (Å²) in [6, 6.07) is 0. The Morgan fingerprint density at radius 2 is 2.10 bits per heavy atom. The summed E-state index contributed by atoms with van der Waals surface area (Å²) in [5.74, 6) is -0.814. The van der Waals surface area contributed by atoms with Gasteiger partial charge < -0.3 is 9.47 Å². The molecule has 0 aliphatic rings. The summed E-state index contributed by atoms with van der Waals surface area (Å²) in [6.07, 6.45) is 0. The van der Waals surface area contributed by atoms with Crippen molar-refractivity contribution in [3.8, 4) is 0 Å². The van der Waals surface area contributed by atoms with Gasteiger partial charge in [-0.3, -0.25) is 0 Å². The molecule has 0 amide bonds. The van der Waals surface area contributed by atoms with Crippen LogP contribution in [-0.4, -0.2) is 26.1 Å². The summed E-state index contributed by atoms with van der Waals surface area (Å²) in [6.45, 7) is 4.45. The zero-order valence-corrected chi connectivity index (χ0v) is 7.27. The summed E-state index contributed by atoms with van der Waals surface area (Å²) in [7, 11) is 1.56. The van der Waals surface area contributed by atoms with E-state index in [1.807, 2.05) is 6.92 Å². The number of hydrogen-bond acceptors (Lipinski definition) is 3. The molecule has 0 aromatic rings. The molecule has 0 spiro atoms. The largest absolute Gasteiger partial charge is 0.379 e. The first-order valence-electron chi connectivity index (χ1n) is 3.11. The zero-order chi connectivity index (χ0) is 8.04. The van der Waals surface area contributed by atoms with Gasteiger partial charge in [0.05, 0.1) is 11.9 Å². The molecular weight excluding hydrogens is 156 g/mol. The van der Waals surface area contributed by atoms with E-state index in [0.29, 0.717) is 13.2 Å². The highest BCUT2D eigenvalue weighted by Crippen LogP contribution is 2.14. The van der Waals surface area contributed by atoms with E-state index < -0.39 is 5.79 Å². The van der Waals surface area contributed by atoms with Gasteiger partial charge in [-0.1, -0.05) is 0 Å². The van der Waals surface area contributed by atoms with Gasteiger partial charge in [-0.25, -0.2) is 4.29 Å². The first-order valence-corrected chi connectivity index (χ1v) is 3.42. The zero-order valence-electron chi connectivity index (χ0n) is 6.52. The van der Waals surface area contributed by atoms with Crippen LogP contribution in [0.3, 0.4) is 0 Å². The molecule has 0 N–H and O–H groups in total. The Kier molecular flexibility index (Phi) is 4.99. The minimum atomic E-state index is -0.814. The Labute approximate surface area is 66.4 Å². The lowest BCUT2D eigenvalue weighted by molar-refractivity contribution is -0.192. The van der Waals surface area contributed by atoms with Gasteiger partial charge in [-0.2, -0.15) is 0 Å². The molecule has 0 aromatic carbocycles. The van der Waals surface area contributed by atoms with Crippen LogP contribution in [0, 0.1) is 0 Å². The molecule has 4 heteroatoms. The summed E-state index contributed by atoms with van der Waals surface area (Å²) in [4.78, 5) is 0. The number of hydrogen-bond donors (Lipinski definition) is 0. The maximum Gasteiger partial charge on any atom is 0.208 e. The van der Waals surface area contributed by atoms with Crippen molar-refractivity contribution in [1.82, 2.24) is 0 Å². The predicted molar refractivity (Wildman–Crippen MR) is 38.8 cm³/mol. The maximum atomic E-state index is 5.16. The fourth-order valence-corrected chi connectivity index (χ4v) is 0.743. The van der Waals surface area contributed by atoms with Crippen LogP contribution in [0.4, 0.5) is 0 Å². The Morgan fingerprint density at radius 1 is 1.50 bits per heavy atom. The monoisotopic (exact) mass is 168 g/mol. The van der Waals surface area contributed by atoms with E-state index >= 15 is 0 Å². The molecule has 3 nitrogen and oxygen atoms in total. The third-order valence-electron chi connectivity index (χ3n) is 1.02. The van der Waals surface area contributed by atoms with Crippen LogP contribution >= 0.6 is 11.9 Å².